The summed E-state index contributed by atoms with van der Waals surface area (Å²) in [5.74, 6) is 0.710. The van der Waals surface area contributed by atoms with Gasteiger partial charge in [0.25, 0.3) is 0 Å². The van der Waals surface area contributed by atoms with E-state index in [-0.39, 0.29) is 6.04 Å². The summed E-state index contributed by atoms with van der Waals surface area (Å²) in [7, 11) is 0. The Balaban J connectivity index is 1.90. The van der Waals surface area contributed by atoms with Crippen LogP contribution < -0.4 is 10.1 Å². The monoisotopic (exact) mass is 326 g/mol. The van der Waals surface area contributed by atoms with Crippen LogP contribution in [0.25, 0.3) is 0 Å². The number of nitrogens with one attached hydrogen (secondary N) is 1. The van der Waals surface area contributed by atoms with E-state index in [9.17, 15) is 8.78 Å². The molecule has 1 aromatic carbocycles. The van der Waals surface area contributed by atoms with Gasteiger partial charge >= 0.3 is 6.61 Å². The van der Waals surface area contributed by atoms with Crippen molar-refractivity contribution in [1.82, 2.24) is 10.2 Å². The summed E-state index contributed by atoms with van der Waals surface area (Å²) in [5, 5.41) is 3.35. The SMILES string of the molecule is FC(F)Oc1ccccc1[C@@H](C1CCOCC1)N1CCNCC1. The van der Waals surface area contributed by atoms with Crippen molar-refractivity contribution >= 4 is 0 Å². The van der Waals surface area contributed by atoms with E-state index >= 15 is 0 Å². The van der Waals surface area contributed by atoms with Crippen LogP contribution in [0.3, 0.4) is 0 Å². The van der Waals surface area contributed by atoms with E-state index in [0.29, 0.717) is 11.7 Å². The highest BCUT2D eigenvalue weighted by atomic mass is 19.3. The Bertz CT molecular complexity index is 471. The molecule has 1 aromatic rings. The third kappa shape index (κ3) is 4.19. The van der Waals surface area contributed by atoms with Gasteiger partial charge < -0.3 is 14.8 Å². The highest BCUT2D eigenvalue weighted by Gasteiger charge is 2.33. The normalized spacial score (nSPS) is 22.2. The molecule has 0 saturated carbocycles. The minimum atomic E-state index is -2.80. The number of benzene rings is 1. The lowest BCUT2D eigenvalue weighted by Gasteiger charge is -2.41. The Morgan fingerprint density at radius 1 is 1.13 bits per heavy atom. The molecule has 3 rings (SSSR count). The quantitative estimate of drug-likeness (QED) is 0.902. The van der Waals surface area contributed by atoms with Crippen LogP contribution >= 0.6 is 0 Å². The van der Waals surface area contributed by atoms with Crippen molar-refractivity contribution in [1.29, 1.82) is 0 Å². The first-order valence-corrected chi connectivity index (χ1v) is 8.32. The molecule has 2 saturated heterocycles. The zero-order chi connectivity index (χ0) is 16.1. The van der Waals surface area contributed by atoms with Gasteiger partial charge in [0.15, 0.2) is 0 Å². The van der Waals surface area contributed by atoms with Crippen LogP contribution in [0.4, 0.5) is 8.78 Å². The minimum absolute atomic E-state index is 0.107. The Hall–Kier alpha value is -1.24. The van der Waals surface area contributed by atoms with Crippen molar-refractivity contribution in [2.45, 2.75) is 25.5 Å². The third-order valence-electron chi connectivity index (χ3n) is 4.71. The number of piperazine rings is 1. The first-order valence-electron chi connectivity index (χ1n) is 8.32. The lowest BCUT2D eigenvalue weighted by molar-refractivity contribution is -0.0524. The number of rotatable bonds is 5. The maximum Gasteiger partial charge on any atom is 0.387 e. The molecule has 2 fully saturated rings. The van der Waals surface area contributed by atoms with Crippen LogP contribution in [-0.2, 0) is 4.74 Å². The molecule has 0 unspecified atom stereocenters. The fraction of sp³-hybridized carbons (Fsp3) is 0.647. The summed E-state index contributed by atoms with van der Waals surface area (Å²) in [6, 6.07) is 7.34. The molecular weight excluding hydrogens is 302 g/mol. The van der Waals surface area contributed by atoms with Crippen molar-refractivity contribution in [3.8, 4) is 5.75 Å². The van der Waals surface area contributed by atoms with Crippen molar-refractivity contribution in [2.75, 3.05) is 39.4 Å². The molecule has 128 valence electrons. The van der Waals surface area contributed by atoms with Crippen LogP contribution in [-0.4, -0.2) is 50.9 Å². The molecule has 2 aliphatic heterocycles. The predicted octanol–water partition coefficient (Wildman–Crippen LogP) is 2.66. The van der Waals surface area contributed by atoms with Gasteiger partial charge in [-0.3, -0.25) is 4.90 Å². The maximum atomic E-state index is 12.8. The van der Waals surface area contributed by atoms with E-state index in [4.69, 9.17) is 9.47 Å². The van der Waals surface area contributed by atoms with Gasteiger partial charge in [-0.1, -0.05) is 18.2 Å². The standard InChI is InChI=1S/C17H24F2N2O2/c18-17(19)23-15-4-2-1-3-14(15)16(13-5-11-22-12-6-13)21-9-7-20-8-10-21/h1-4,13,16-17,20H,5-12H2/t16-/m1/s1. The minimum Gasteiger partial charge on any atom is -0.434 e. The predicted molar refractivity (Wildman–Crippen MR) is 83.8 cm³/mol. The molecule has 0 spiro atoms. The zero-order valence-electron chi connectivity index (χ0n) is 13.2. The summed E-state index contributed by atoms with van der Waals surface area (Å²) < 4.78 is 35.9. The van der Waals surface area contributed by atoms with Crippen molar-refractivity contribution in [3.63, 3.8) is 0 Å². The highest BCUT2D eigenvalue weighted by molar-refractivity contribution is 5.36. The molecule has 0 aromatic heterocycles. The van der Waals surface area contributed by atoms with E-state index < -0.39 is 6.61 Å². The lowest BCUT2D eigenvalue weighted by atomic mass is 9.85. The maximum absolute atomic E-state index is 12.8. The summed E-state index contributed by atoms with van der Waals surface area (Å²) in [5.41, 5.74) is 0.876. The molecule has 2 aliphatic rings. The molecule has 0 bridgehead atoms. The molecule has 23 heavy (non-hydrogen) atoms. The summed E-state index contributed by atoms with van der Waals surface area (Å²) in [4.78, 5) is 2.40. The molecular formula is C17H24F2N2O2. The van der Waals surface area contributed by atoms with Gasteiger partial charge in [0.2, 0.25) is 0 Å². The highest BCUT2D eigenvalue weighted by Crippen LogP contribution is 2.39. The summed E-state index contributed by atoms with van der Waals surface area (Å²) >= 11 is 0. The molecule has 1 N–H and O–H groups in total. The van der Waals surface area contributed by atoms with Crippen molar-refractivity contribution < 1.29 is 18.3 Å². The smallest absolute Gasteiger partial charge is 0.387 e. The van der Waals surface area contributed by atoms with Crippen LogP contribution in [0.15, 0.2) is 24.3 Å². The van der Waals surface area contributed by atoms with Crippen LogP contribution in [0.5, 0.6) is 5.75 Å². The fourth-order valence-electron chi connectivity index (χ4n) is 3.67. The van der Waals surface area contributed by atoms with Gasteiger partial charge in [-0.15, -0.1) is 0 Å². The van der Waals surface area contributed by atoms with E-state index in [1.807, 2.05) is 12.1 Å². The number of alkyl halides is 2. The third-order valence-corrected chi connectivity index (χ3v) is 4.71. The van der Waals surface area contributed by atoms with Gasteiger partial charge in [0.05, 0.1) is 0 Å². The molecule has 4 nitrogen and oxygen atoms in total. The zero-order valence-corrected chi connectivity index (χ0v) is 13.2. The van der Waals surface area contributed by atoms with E-state index in [0.717, 1.165) is 57.8 Å². The number of halogens is 2. The average molecular weight is 326 g/mol. The number of hydrogen-bond acceptors (Lipinski definition) is 4. The summed E-state index contributed by atoms with van der Waals surface area (Å²) in [6.07, 6.45) is 1.91. The molecule has 2 heterocycles. The summed E-state index contributed by atoms with van der Waals surface area (Å²) in [6.45, 7) is 2.39. The number of para-hydroxylation sites is 1. The fourth-order valence-corrected chi connectivity index (χ4v) is 3.67. The van der Waals surface area contributed by atoms with Gasteiger partial charge in [-0.2, -0.15) is 8.78 Å². The number of nitrogens with zero attached hydrogens (tertiary/aromatic N) is 1. The molecule has 0 aliphatic carbocycles. The van der Waals surface area contributed by atoms with Gasteiger partial charge in [-0.05, 0) is 24.8 Å². The average Bonchev–Trinajstić information content (AvgIpc) is 2.58. The van der Waals surface area contributed by atoms with Gasteiger partial charge in [0, 0.05) is 51.0 Å². The van der Waals surface area contributed by atoms with Crippen molar-refractivity contribution in [2.24, 2.45) is 5.92 Å². The van der Waals surface area contributed by atoms with E-state index in [1.54, 1.807) is 12.1 Å². The van der Waals surface area contributed by atoms with E-state index in [2.05, 4.69) is 10.2 Å². The molecule has 6 heteroatoms. The Labute approximate surface area is 135 Å². The second-order valence-corrected chi connectivity index (χ2v) is 6.10. The first-order chi connectivity index (χ1) is 11.3. The number of hydrogen-bond donors (Lipinski definition) is 1. The number of ether oxygens (including phenoxy) is 2. The van der Waals surface area contributed by atoms with Gasteiger partial charge in [0.1, 0.15) is 5.75 Å². The topological polar surface area (TPSA) is 33.7 Å². The first kappa shape index (κ1) is 16.6. The van der Waals surface area contributed by atoms with Crippen LogP contribution in [0, 0.1) is 5.92 Å². The second-order valence-electron chi connectivity index (χ2n) is 6.10. The van der Waals surface area contributed by atoms with Gasteiger partial charge in [-0.25, -0.2) is 0 Å². The Morgan fingerprint density at radius 2 is 1.83 bits per heavy atom. The largest absolute Gasteiger partial charge is 0.434 e. The second kappa shape index (κ2) is 8.04. The molecule has 1 atom stereocenters. The van der Waals surface area contributed by atoms with E-state index in [1.165, 1.54) is 0 Å². The van der Waals surface area contributed by atoms with Crippen LogP contribution in [0.2, 0.25) is 0 Å². The molecule has 0 radical (unpaired) electrons. The lowest BCUT2D eigenvalue weighted by Crippen LogP contribution is -2.47. The van der Waals surface area contributed by atoms with Crippen LogP contribution in [0.1, 0.15) is 24.4 Å². The Morgan fingerprint density at radius 3 is 2.52 bits per heavy atom. The molecule has 0 amide bonds. The Kier molecular flexibility index (Phi) is 5.80. The van der Waals surface area contributed by atoms with Crippen molar-refractivity contribution in [3.05, 3.63) is 29.8 Å².